The molecule has 1 aromatic rings. The summed E-state index contributed by atoms with van der Waals surface area (Å²) in [4.78, 5) is 12.9. The van der Waals surface area contributed by atoms with Crippen LogP contribution in [0, 0.1) is 0 Å². The van der Waals surface area contributed by atoms with Crippen molar-refractivity contribution in [3.8, 4) is 0 Å². The number of fused-ring (bicyclic) bond motifs is 1. The summed E-state index contributed by atoms with van der Waals surface area (Å²) in [7, 11) is -1.97. The number of anilines is 2. The molecule has 0 saturated carbocycles. The van der Waals surface area contributed by atoms with Crippen molar-refractivity contribution in [1.82, 2.24) is 0 Å². The molecule has 0 radical (unpaired) electrons. The van der Waals surface area contributed by atoms with E-state index in [-0.39, 0.29) is 18.2 Å². The summed E-state index contributed by atoms with van der Waals surface area (Å²) >= 11 is 3.36. The molecule has 3 N–H and O–H groups in total. The van der Waals surface area contributed by atoms with Gasteiger partial charge in [0.05, 0.1) is 36.7 Å². The quantitative estimate of drug-likeness (QED) is 0.625. The number of benzene rings is 1. The largest absolute Gasteiger partial charge is 0.465 e. The average Bonchev–Trinajstić information content (AvgIpc) is 2.50. The molecule has 1 amide bonds. The van der Waals surface area contributed by atoms with Crippen LogP contribution >= 0.6 is 15.9 Å². The summed E-state index contributed by atoms with van der Waals surface area (Å²) < 4.78 is 6.89. The molecule has 0 saturated heterocycles. The summed E-state index contributed by atoms with van der Waals surface area (Å²) in [5.74, 6) is 0. The third-order valence-corrected chi connectivity index (χ3v) is 10.1. The highest BCUT2D eigenvalue weighted by atomic mass is 79.9. The van der Waals surface area contributed by atoms with Gasteiger partial charge in [0.1, 0.15) is 0 Å². The van der Waals surface area contributed by atoms with Gasteiger partial charge in [0.2, 0.25) is 0 Å². The number of aliphatic hydroxyl groups excluding tert-OH is 1. The van der Waals surface area contributed by atoms with Crippen molar-refractivity contribution in [3.63, 3.8) is 0 Å². The molecule has 2 atom stereocenters. The van der Waals surface area contributed by atoms with Gasteiger partial charge in [-0.2, -0.15) is 0 Å². The van der Waals surface area contributed by atoms with Gasteiger partial charge < -0.3 is 20.0 Å². The van der Waals surface area contributed by atoms with E-state index in [1.807, 2.05) is 12.1 Å². The Labute approximate surface area is 158 Å². The Balaban J connectivity index is 2.13. The van der Waals surface area contributed by atoms with Crippen LogP contribution in [0.5, 0.6) is 0 Å². The summed E-state index contributed by atoms with van der Waals surface area (Å²) in [6.45, 7) is 11.0. The maximum absolute atomic E-state index is 11.6. The smallest absolute Gasteiger partial charge is 0.411 e. The predicted octanol–water partition coefficient (Wildman–Crippen LogP) is 4.11. The van der Waals surface area contributed by atoms with Gasteiger partial charge in [-0.3, -0.25) is 4.90 Å². The van der Waals surface area contributed by atoms with Crippen molar-refractivity contribution in [2.24, 2.45) is 0 Å². The third-order valence-electron chi connectivity index (χ3n) is 5.09. The molecule has 8 heteroatoms. The van der Waals surface area contributed by atoms with Gasteiger partial charge in [0.25, 0.3) is 0 Å². The zero-order valence-electron chi connectivity index (χ0n) is 15.3. The van der Waals surface area contributed by atoms with Crippen LogP contribution in [0.25, 0.3) is 0 Å². The van der Waals surface area contributed by atoms with Crippen LogP contribution in [0.15, 0.2) is 22.7 Å². The van der Waals surface area contributed by atoms with Gasteiger partial charge >= 0.3 is 6.09 Å². The van der Waals surface area contributed by atoms with Gasteiger partial charge in [0.15, 0.2) is 8.32 Å². The zero-order chi connectivity index (χ0) is 19.0. The van der Waals surface area contributed by atoms with E-state index in [1.165, 1.54) is 4.90 Å². The van der Waals surface area contributed by atoms with Crippen LogP contribution in [0.3, 0.4) is 0 Å². The van der Waals surface area contributed by atoms with E-state index in [0.717, 1.165) is 4.47 Å². The Morgan fingerprint density at radius 3 is 2.68 bits per heavy atom. The Morgan fingerprint density at radius 2 is 2.12 bits per heavy atom. The fraction of sp³-hybridized carbons (Fsp3) is 0.588. The number of rotatable bonds is 4. The molecule has 2 rings (SSSR count). The predicted molar refractivity (Wildman–Crippen MR) is 106 cm³/mol. The Morgan fingerprint density at radius 1 is 1.48 bits per heavy atom. The maximum Gasteiger partial charge on any atom is 0.411 e. The van der Waals surface area contributed by atoms with Crippen LogP contribution in [-0.4, -0.2) is 49.9 Å². The fourth-order valence-electron chi connectivity index (χ4n) is 2.42. The highest BCUT2D eigenvalue weighted by Gasteiger charge is 2.39. The molecule has 0 bridgehead atoms. The average molecular weight is 431 g/mol. The van der Waals surface area contributed by atoms with E-state index >= 15 is 0 Å². The van der Waals surface area contributed by atoms with Crippen molar-refractivity contribution < 1.29 is 19.4 Å². The van der Waals surface area contributed by atoms with Crippen molar-refractivity contribution in [2.75, 3.05) is 23.4 Å². The van der Waals surface area contributed by atoms with Crippen LogP contribution in [0.1, 0.15) is 20.8 Å². The Bertz CT molecular complexity index is 648. The lowest BCUT2D eigenvalue weighted by atomic mass is 10.1. The monoisotopic (exact) mass is 430 g/mol. The van der Waals surface area contributed by atoms with Crippen LogP contribution in [0.2, 0.25) is 18.1 Å². The lowest BCUT2D eigenvalue weighted by Crippen LogP contribution is -2.52. The van der Waals surface area contributed by atoms with Gasteiger partial charge in [-0.25, -0.2) is 4.79 Å². The highest BCUT2D eigenvalue weighted by molar-refractivity contribution is 9.10. The molecule has 2 unspecified atom stereocenters. The van der Waals surface area contributed by atoms with Crippen LogP contribution < -0.4 is 10.2 Å². The van der Waals surface area contributed by atoms with E-state index in [1.54, 1.807) is 6.07 Å². The van der Waals surface area contributed by atoms with Crippen molar-refractivity contribution in [2.45, 2.75) is 51.0 Å². The summed E-state index contributed by atoms with van der Waals surface area (Å²) in [6.07, 6.45) is -1.84. The molecule has 0 spiro atoms. The third kappa shape index (κ3) is 4.55. The van der Waals surface area contributed by atoms with E-state index < -0.39 is 26.6 Å². The molecule has 1 aliphatic heterocycles. The first-order valence-corrected chi connectivity index (χ1v) is 12.0. The standard InChI is InChI=1S/C17H27BrN2O4Si/c1-17(2,3)25(4,5)24-10-15(21)13-9-20(16(22)23)14-8-11(18)6-7-12(14)19-13/h6-8,13,15,19,21H,9-10H2,1-5H3,(H,22,23). The lowest BCUT2D eigenvalue weighted by Gasteiger charge is -2.39. The number of carboxylic acid groups (broad SMARTS) is 1. The first kappa shape index (κ1) is 20.2. The number of hydrogen-bond donors (Lipinski definition) is 3. The Hall–Kier alpha value is -1.09. The van der Waals surface area contributed by atoms with Gasteiger partial charge in [-0.15, -0.1) is 0 Å². The topological polar surface area (TPSA) is 82.0 Å². The number of halogens is 1. The first-order valence-electron chi connectivity index (χ1n) is 8.31. The summed E-state index contributed by atoms with van der Waals surface area (Å²) in [6, 6.07) is 4.98. The van der Waals surface area contributed by atoms with Gasteiger partial charge in [-0.1, -0.05) is 36.7 Å². The van der Waals surface area contributed by atoms with E-state index in [4.69, 9.17) is 4.43 Å². The molecule has 0 aromatic heterocycles. The van der Waals surface area contributed by atoms with E-state index in [9.17, 15) is 15.0 Å². The molecule has 140 valence electrons. The number of carbonyl (C=O) groups is 1. The molecule has 1 heterocycles. The molecule has 1 aliphatic rings. The molecular formula is C17H27BrN2O4Si. The molecular weight excluding hydrogens is 404 g/mol. The van der Waals surface area contributed by atoms with Crippen LogP contribution in [0.4, 0.5) is 16.2 Å². The van der Waals surface area contributed by atoms with Crippen LogP contribution in [-0.2, 0) is 4.43 Å². The molecule has 0 fully saturated rings. The van der Waals surface area contributed by atoms with Crippen molar-refractivity contribution in [3.05, 3.63) is 22.7 Å². The summed E-state index contributed by atoms with van der Waals surface area (Å²) in [5, 5.41) is 23.4. The highest BCUT2D eigenvalue weighted by Crippen LogP contribution is 2.37. The van der Waals surface area contributed by atoms with Gasteiger partial charge in [-0.05, 0) is 36.3 Å². The minimum Gasteiger partial charge on any atom is -0.465 e. The number of nitrogens with one attached hydrogen (secondary N) is 1. The second-order valence-electron chi connectivity index (χ2n) is 7.94. The second kappa shape index (κ2) is 7.26. The number of aliphatic hydroxyl groups is 1. The maximum atomic E-state index is 11.6. The normalized spacial score (nSPS) is 19.2. The van der Waals surface area contributed by atoms with Crippen molar-refractivity contribution in [1.29, 1.82) is 0 Å². The van der Waals surface area contributed by atoms with Crippen molar-refractivity contribution >= 4 is 41.7 Å². The lowest BCUT2D eigenvalue weighted by molar-refractivity contribution is 0.0846. The van der Waals surface area contributed by atoms with Gasteiger partial charge in [0, 0.05) is 4.47 Å². The van der Waals surface area contributed by atoms with E-state index in [2.05, 4.69) is 55.1 Å². The SMILES string of the molecule is CC(C)(C)[Si](C)(C)OCC(O)C1CN(C(=O)O)c2cc(Br)ccc2N1. The Kier molecular flexibility index (Phi) is 5.87. The fourth-order valence-corrected chi connectivity index (χ4v) is 3.79. The number of nitrogens with zero attached hydrogens (tertiary/aromatic N) is 1. The molecule has 6 nitrogen and oxygen atoms in total. The number of amides is 1. The summed E-state index contributed by atoms with van der Waals surface area (Å²) in [5.41, 5.74) is 1.27. The zero-order valence-corrected chi connectivity index (χ0v) is 17.9. The first-order chi connectivity index (χ1) is 11.4. The second-order valence-corrected chi connectivity index (χ2v) is 13.7. The van der Waals surface area contributed by atoms with E-state index in [0.29, 0.717) is 11.4 Å². The minimum atomic E-state index is -1.97. The number of hydrogen-bond acceptors (Lipinski definition) is 4. The molecule has 1 aromatic carbocycles. The molecule has 0 aliphatic carbocycles. The minimum absolute atomic E-state index is 0.0543. The molecule has 25 heavy (non-hydrogen) atoms.